The lowest BCUT2D eigenvalue weighted by atomic mass is 10.2. The number of rotatable bonds is 6. The molecule has 0 aliphatic carbocycles. The Balaban J connectivity index is 2.78. The number of anilines is 2. The van der Waals surface area contributed by atoms with Gasteiger partial charge in [-0.25, -0.2) is 12.7 Å². The Morgan fingerprint density at radius 2 is 1.86 bits per heavy atom. The topological polar surface area (TPSA) is 95.7 Å². The molecule has 0 unspecified atom stereocenters. The third-order valence-corrected chi connectivity index (χ3v) is 4.77. The second-order valence-electron chi connectivity index (χ2n) is 5.00. The maximum absolute atomic E-state index is 12.0. The van der Waals surface area contributed by atoms with Crippen LogP contribution in [0.3, 0.4) is 0 Å². The van der Waals surface area contributed by atoms with Gasteiger partial charge < -0.3 is 16.0 Å². The molecule has 118 valence electrons. The normalized spacial score (nSPS) is 11.5. The van der Waals surface area contributed by atoms with E-state index in [4.69, 9.17) is 5.73 Å². The summed E-state index contributed by atoms with van der Waals surface area (Å²) in [5, 5.41) is 3.03. The number of benzene rings is 1. The van der Waals surface area contributed by atoms with E-state index in [9.17, 15) is 13.2 Å². The number of hydrogen-bond acceptors (Lipinski definition) is 5. The fourth-order valence-corrected chi connectivity index (χ4v) is 2.54. The molecule has 7 nitrogen and oxygen atoms in total. The zero-order chi connectivity index (χ0) is 16.2. The average molecular weight is 314 g/mol. The van der Waals surface area contributed by atoms with Gasteiger partial charge in [0.15, 0.2) is 0 Å². The first-order valence-electron chi connectivity index (χ1n) is 6.42. The quantitative estimate of drug-likeness (QED) is 0.742. The summed E-state index contributed by atoms with van der Waals surface area (Å²) in [6.07, 6.45) is 0.337. The van der Waals surface area contributed by atoms with Gasteiger partial charge >= 0.3 is 0 Å². The second kappa shape index (κ2) is 6.77. The monoisotopic (exact) mass is 314 g/mol. The van der Waals surface area contributed by atoms with E-state index < -0.39 is 10.0 Å². The van der Waals surface area contributed by atoms with Gasteiger partial charge in [0.2, 0.25) is 15.9 Å². The van der Waals surface area contributed by atoms with Crippen molar-refractivity contribution < 1.29 is 13.2 Å². The van der Waals surface area contributed by atoms with Crippen molar-refractivity contribution in [2.75, 3.05) is 45.8 Å². The highest BCUT2D eigenvalue weighted by Crippen LogP contribution is 2.23. The molecule has 1 rings (SSSR count). The van der Waals surface area contributed by atoms with E-state index in [-0.39, 0.29) is 10.8 Å². The van der Waals surface area contributed by atoms with Crippen molar-refractivity contribution >= 4 is 27.3 Å². The summed E-state index contributed by atoms with van der Waals surface area (Å²) in [6, 6.07) is 4.50. The first kappa shape index (κ1) is 17.3. The summed E-state index contributed by atoms with van der Waals surface area (Å²) < 4.78 is 25.1. The molecular formula is C13H22N4O3S. The molecule has 21 heavy (non-hydrogen) atoms. The van der Waals surface area contributed by atoms with Crippen molar-refractivity contribution in [3.8, 4) is 0 Å². The molecule has 0 saturated heterocycles. The van der Waals surface area contributed by atoms with Gasteiger partial charge in [-0.1, -0.05) is 0 Å². The van der Waals surface area contributed by atoms with E-state index in [1.807, 2.05) is 0 Å². The molecular weight excluding hydrogens is 292 g/mol. The summed E-state index contributed by atoms with van der Waals surface area (Å²) in [7, 11) is 2.81. The third kappa shape index (κ3) is 4.33. The predicted molar refractivity (Wildman–Crippen MR) is 83.5 cm³/mol. The smallest absolute Gasteiger partial charge is 0.242 e. The number of nitrogen functional groups attached to an aromatic ring is 1. The van der Waals surface area contributed by atoms with Gasteiger partial charge in [0.1, 0.15) is 0 Å². The summed E-state index contributed by atoms with van der Waals surface area (Å²) in [5.74, 6) is 0.00729. The molecule has 1 aromatic carbocycles. The van der Waals surface area contributed by atoms with Crippen LogP contribution in [0, 0.1) is 0 Å². The fraction of sp³-hybridized carbons (Fsp3) is 0.462. The molecule has 8 heteroatoms. The molecule has 3 N–H and O–H groups in total. The highest BCUT2D eigenvalue weighted by molar-refractivity contribution is 7.89. The summed E-state index contributed by atoms with van der Waals surface area (Å²) in [4.78, 5) is 13.1. The van der Waals surface area contributed by atoms with Crippen LogP contribution in [0.25, 0.3) is 0 Å². The SMILES string of the molecule is CN(C)C(=O)CCNc1ccc(S(=O)(=O)N(C)C)cc1N. The minimum absolute atomic E-state index is 0.00729. The van der Waals surface area contributed by atoms with Crippen LogP contribution in [0.1, 0.15) is 6.42 Å². The van der Waals surface area contributed by atoms with Gasteiger partial charge in [0, 0.05) is 41.2 Å². The summed E-state index contributed by atoms with van der Waals surface area (Å²) in [6.45, 7) is 0.432. The van der Waals surface area contributed by atoms with Crippen molar-refractivity contribution in [3.63, 3.8) is 0 Å². The van der Waals surface area contributed by atoms with Crippen LogP contribution < -0.4 is 11.1 Å². The predicted octanol–water partition coefficient (Wildman–Crippen LogP) is 0.409. The Bertz CT molecular complexity index is 612. The maximum Gasteiger partial charge on any atom is 0.242 e. The largest absolute Gasteiger partial charge is 0.397 e. The lowest BCUT2D eigenvalue weighted by molar-refractivity contribution is -0.128. The minimum atomic E-state index is -3.50. The number of sulfonamides is 1. The average Bonchev–Trinajstić information content (AvgIpc) is 2.39. The Morgan fingerprint density at radius 3 is 2.33 bits per heavy atom. The van der Waals surface area contributed by atoms with Gasteiger partial charge in [-0.2, -0.15) is 0 Å². The molecule has 0 fully saturated rings. The standard InChI is InChI=1S/C13H22N4O3S/c1-16(2)13(18)7-8-15-12-6-5-10(9-11(12)14)21(19,20)17(3)4/h5-6,9,15H,7-8,14H2,1-4H3. The fourth-order valence-electron chi connectivity index (χ4n) is 1.60. The van der Waals surface area contributed by atoms with Crippen LogP contribution in [-0.2, 0) is 14.8 Å². The second-order valence-corrected chi connectivity index (χ2v) is 7.15. The number of hydrogen-bond donors (Lipinski definition) is 2. The van der Waals surface area contributed by atoms with Gasteiger partial charge in [0.05, 0.1) is 16.3 Å². The molecule has 0 bridgehead atoms. The highest BCUT2D eigenvalue weighted by Gasteiger charge is 2.18. The Kier molecular flexibility index (Phi) is 5.56. The minimum Gasteiger partial charge on any atom is -0.397 e. The molecule has 1 amide bonds. The van der Waals surface area contributed by atoms with Crippen molar-refractivity contribution in [1.82, 2.24) is 9.21 Å². The van der Waals surface area contributed by atoms with Crippen LogP contribution in [-0.4, -0.2) is 58.3 Å². The number of carbonyl (C=O) groups excluding carboxylic acids is 1. The molecule has 0 heterocycles. The number of nitrogens with one attached hydrogen (secondary N) is 1. The van der Waals surface area contributed by atoms with Crippen LogP contribution in [0.2, 0.25) is 0 Å². The first-order valence-corrected chi connectivity index (χ1v) is 7.86. The number of carbonyl (C=O) groups is 1. The zero-order valence-electron chi connectivity index (χ0n) is 12.8. The highest BCUT2D eigenvalue weighted by atomic mass is 32.2. The molecule has 0 aliphatic heterocycles. The van der Waals surface area contributed by atoms with E-state index in [1.165, 1.54) is 31.1 Å². The third-order valence-electron chi connectivity index (χ3n) is 2.95. The van der Waals surface area contributed by atoms with E-state index in [0.717, 1.165) is 4.31 Å². The lowest BCUT2D eigenvalue weighted by Gasteiger charge is -2.15. The van der Waals surface area contributed by atoms with Crippen molar-refractivity contribution in [2.45, 2.75) is 11.3 Å². The van der Waals surface area contributed by atoms with Gasteiger partial charge in [-0.05, 0) is 18.2 Å². The van der Waals surface area contributed by atoms with Crippen LogP contribution in [0.4, 0.5) is 11.4 Å². The van der Waals surface area contributed by atoms with Crippen LogP contribution >= 0.6 is 0 Å². The molecule has 0 atom stereocenters. The lowest BCUT2D eigenvalue weighted by Crippen LogP contribution is -2.24. The number of nitrogens with two attached hydrogens (primary N) is 1. The van der Waals surface area contributed by atoms with Gasteiger partial charge in [-0.15, -0.1) is 0 Å². The van der Waals surface area contributed by atoms with Crippen molar-refractivity contribution in [3.05, 3.63) is 18.2 Å². The van der Waals surface area contributed by atoms with Crippen molar-refractivity contribution in [2.24, 2.45) is 0 Å². The Labute approximate surface area is 125 Å². The van der Waals surface area contributed by atoms with Crippen LogP contribution in [0.15, 0.2) is 23.1 Å². The molecule has 0 spiro atoms. The molecule has 0 aromatic heterocycles. The maximum atomic E-state index is 12.0. The molecule has 1 aromatic rings. The summed E-state index contributed by atoms with van der Waals surface area (Å²) >= 11 is 0. The zero-order valence-corrected chi connectivity index (χ0v) is 13.6. The van der Waals surface area contributed by atoms with E-state index in [0.29, 0.717) is 24.3 Å². The van der Waals surface area contributed by atoms with E-state index in [1.54, 1.807) is 20.2 Å². The van der Waals surface area contributed by atoms with E-state index in [2.05, 4.69) is 5.32 Å². The van der Waals surface area contributed by atoms with E-state index >= 15 is 0 Å². The first-order chi connectivity index (χ1) is 9.66. The number of amides is 1. The Morgan fingerprint density at radius 1 is 1.24 bits per heavy atom. The summed E-state index contributed by atoms with van der Waals surface area (Å²) in [5.41, 5.74) is 6.79. The van der Waals surface area contributed by atoms with Gasteiger partial charge in [-0.3, -0.25) is 4.79 Å². The molecule has 0 radical (unpaired) electrons. The number of nitrogens with zero attached hydrogens (tertiary/aromatic N) is 2. The van der Waals surface area contributed by atoms with Crippen molar-refractivity contribution in [1.29, 1.82) is 0 Å². The molecule has 0 saturated carbocycles. The Hall–Kier alpha value is -1.80. The van der Waals surface area contributed by atoms with Gasteiger partial charge in [0.25, 0.3) is 0 Å². The molecule has 0 aliphatic rings. The van der Waals surface area contributed by atoms with Crippen LogP contribution in [0.5, 0.6) is 0 Å².